The molecule has 0 fully saturated rings. The molecule has 0 aromatic heterocycles. The van der Waals surface area contributed by atoms with Crippen LogP contribution >= 0.6 is 0 Å². The molecule has 1 aromatic rings. The van der Waals surface area contributed by atoms with E-state index in [1.54, 1.807) is 12.1 Å². The Morgan fingerprint density at radius 1 is 1.27 bits per heavy atom. The minimum Gasteiger partial charge on any atom is -0.508 e. The van der Waals surface area contributed by atoms with Crippen LogP contribution in [0.25, 0.3) is 0 Å². The van der Waals surface area contributed by atoms with E-state index in [0.29, 0.717) is 12.3 Å². The summed E-state index contributed by atoms with van der Waals surface area (Å²) >= 11 is 0. The minimum atomic E-state index is -0.00210. The number of nitrogens with zero attached hydrogens (tertiary/aromatic N) is 1. The average Bonchev–Trinajstić information content (AvgIpc) is 2.21. The molecule has 0 aliphatic heterocycles. The second kappa shape index (κ2) is 4.64. The number of phenols is 1. The smallest absolute Gasteiger partial charge is 0.115 e. The molecular weight excluding hydrogens is 188 g/mol. The monoisotopic (exact) mass is 208 g/mol. The van der Waals surface area contributed by atoms with Crippen molar-refractivity contribution < 1.29 is 5.11 Å². The Kier molecular flexibility index (Phi) is 3.72. The summed E-state index contributed by atoms with van der Waals surface area (Å²) in [4.78, 5) is 2.21. The molecule has 0 aliphatic rings. The lowest BCUT2D eigenvalue weighted by Gasteiger charge is -2.34. The maximum absolute atomic E-state index is 9.16. The predicted octanol–water partition coefficient (Wildman–Crippen LogP) is 1.56. The maximum Gasteiger partial charge on any atom is 0.115 e. The van der Waals surface area contributed by atoms with E-state index in [4.69, 9.17) is 10.8 Å². The van der Waals surface area contributed by atoms with Crippen molar-refractivity contribution in [2.75, 3.05) is 13.6 Å². The van der Waals surface area contributed by atoms with E-state index >= 15 is 0 Å². The summed E-state index contributed by atoms with van der Waals surface area (Å²) in [7, 11) is 2.06. The van der Waals surface area contributed by atoms with Crippen LogP contribution in [-0.2, 0) is 6.54 Å². The zero-order valence-corrected chi connectivity index (χ0v) is 9.70. The van der Waals surface area contributed by atoms with Crippen LogP contribution in [-0.4, -0.2) is 29.1 Å². The maximum atomic E-state index is 9.16. The van der Waals surface area contributed by atoms with Gasteiger partial charge in [0.05, 0.1) is 0 Å². The number of hydrogen-bond acceptors (Lipinski definition) is 3. The van der Waals surface area contributed by atoms with E-state index in [0.717, 1.165) is 6.54 Å². The number of likely N-dealkylation sites (N-methyl/N-ethyl adjacent to an activating group) is 1. The number of phenolic OH excluding ortho intramolecular Hbond substituents is 1. The zero-order valence-electron chi connectivity index (χ0n) is 9.70. The molecule has 0 unspecified atom stereocenters. The normalized spacial score (nSPS) is 12.1. The first-order chi connectivity index (χ1) is 6.95. The highest BCUT2D eigenvalue weighted by Crippen LogP contribution is 2.16. The molecule has 0 heterocycles. The summed E-state index contributed by atoms with van der Waals surface area (Å²) in [6.07, 6.45) is 0. The molecule has 0 radical (unpaired) electrons. The number of hydrogen-bond donors (Lipinski definition) is 2. The fourth-order valence-corrected chi connectivity index (χ4v) is 1.25. The Morgan fingerprint density at radius 2 is 1.80 bits per heavy atom. The second-order valence-electron chi connectivity index (χ2n) is 4.54. The van der Waals surface area contributed by atoms with Gasteiger partial charge < -0.3 is 10.8 Å². The Balaban J connectivity index is 2.66. The van der Waals surface area contributed by atoms with Crippen LogP contribution in [0.1, 0.15) is 19.4 Å². The van der Waals surface area contributed by atoms with Gasteiger partial charge in [-0.2, -0.15) is 0 Å². The van der Waals surface area contributed by atoms with Crippen LogP contribution in [0.2, 0.25) is 0 Å². The van der Waals surface area contributed by atoms with Crippen molar-refractivity contribution in [3.8, 4) is 5.75 Å². The molecular formula is C12H20N2O. The van der Waals surface area contributed by atoms with Crippen molar-refractivity contribution in [3.05, 3.63) is 29.8 Å². The Morgan fingerprint density at radius 3 is 2.27 bits per heavy atom. The van der Waals surface area contributed by atoms with Crippen molar-refractivity contribution in [2.45, 2.75) is 25.9 Å². The third-order valence-corrected chi connectivity index (χ3v) is 2.89. The number of nitrogens with two attached hydrogens (primary N) is 1. The van der Waals surface area contributed by atoms with Gasteiger partial charge in [0.1, 0.15) is 5.75 Å². The number of rotatable bonds is 4. The summed E-state index contributed by atoms with van der Waals surface area (Å²) in [5.41, 5.74) is 6.88. The lowest BCUT2D eigenvalue weighted by Crippen LogP contribution is -2.46. The lowest BCUT2D eigenvalue weighted by molar-refractivity contribution is 0.155. The molecule has 0 saturated heterocycles. The molecule has 0 bridgehead atoms. The van der Waals surface area contributed by atoms with E-state index in [1.165, 1.54) is 5.56 Å². The first-order valence-electron chi connectivity index (χ1n) is 5.15. The zero-order chi connectivity index (χ0) is 11.5. The van der Waals surface area contributed by atoms with Crippen molar-refractivity contribution in [1.29, 1.82) is 0 Å². The first kappa shape index (κ1) is 12.0. The van der Waals surface area contributed by atoms with E-state index < -0.39 is 0 Å². The fraction of sp³-hybridized carbons (Fsp3) is 0.500. The number of aromatic hydroxyl groups is 1. The van der Waals surface area contributed by atoms with Crippen LogP contribution in [0, 0.1) is 0 Å². The van der Waals surface area contributed by atoms with Gasteiger partial charge in [0.15, 0.2) is 0 Å². The fourth-order valence-electron chi connectivity index (χ4n) is 1.25. The molecule has 84 valence electrons. The highest BCUT2D eigenvalue weighted by atomic mass is 16.3. The van der Waals surface area contributed by atoms with Crippen molar-refractivity contribution >= 4 is 0 Å². The van der Waals surface area contributed by atoms with Crippen molar-refractivity contribution in [3.63, 3.8) is 0 Å². The van der Waals surface area contributed by atoms with Gasteiger partial charge in [0.25, 0.3) is 0 Å². The van der Waals surface area contributed by atoms with E-state index in [9.17, 15) is 0 Å². The van der Waals surface area contributed by atoms with Crippen molar-refractivity contribution in [2.24, 2.45) is 5.73 Å². The Hall–Kier alpha value is -1.06. The quantitative estimate of drug-likeness (QED) is 0.789. The Labute approximate surface area is 91.5 Å². The van der Waals surface area contributed by atoms with Crippen LogP contribution in [0.15, 0.2) is 24.3 Å². The van der Waals surface area contributed by atoms with Crippen LogP contribution < -0.4 is 5.73 Å². The third-order valence-electron chi connectivity index (χ3n) is 2.89. The SMILES string of the molecule is CN(Cc1ccc(O)cc1)C(C)(C)CN. The molecule has 3 N–H and O–H groups in total. The average molecular weight is 208 g/mol. The Bertz CT molecular complexity index is 306. The molecule has 0 amide bonds. The molecule has 0 spiro atoms. The molecule has 0 aliphatic carbocycles. The topological polar surface area (TPSA) is 49.5 Å². The van der Waals surface area contributed by atoms with E-state index in [-0.39, 0.29) is 5.54 Å². The second-order valence-corrected chi connectivity index (χ2v) is 4.54. The van der Waals surface area contributed by atoms with Crippen LogP contribution in [0.5, 0.6) is 5.75 Å². The van der Waals surface area contributed by atoms with Gasteiger partial charge in [-0.1, -0.05) is 12.1 Å². The largest absolute Gasteiger partial charge is 0.508 e. The van der Waals surface area contributed by atoms with Gasteiger partial charge in [-0.3, -0.25) is 4.90 Å². The summed E-state index contributed by atoms with van der Waals surface area (Å²) in [6, 6.07) is 7.27. The molecule has 15 heavy (non-hydrogen) atoms. The summed E-state index contributed by atoms with van der Waals surface area (Å²) in [5, 5.41) is 9.16. The van der Waals surface area contributed by atoms with Gasteiger partial charge >= 0.3 is 0 Å². The molecule has 1 rings (SSSR count). The standard InChI is InChI=1S/C12H20N2O/c1-12(2,9-13)14(3)8-10-4-6-11(15)7-5-10/h4-7,15H,8-9,13H2,1-3H3. The van der Waals surface area contributed by atoms with Crippen molar-refractivity contribution in [1.82, 2.24) is 4.90 Å². The highest BCUT2D eigenvalue weighted by molar-refractivity contribution is 5.25. The van der Waals surface area contributed by atoms with E-state index in [2.05, 4.69) is 25.8 Å². The first-order valence-corrected chi connectivity index (χ1v) is 5.15. The molecule has 1 aromatic carbocycles. The lowest BCUT2D eigenvalue weighted by atomic mass is 10.0. The summed E-state index contributed by atoms with van der Waals surface area (Å²) in [6.45, 7) is 5.70. The minimum absolute atomic E-state index is 0.00210. The molecule has 0 atom stereocenters. The third kappa shape index (κ3) is 3.22. The summed E-state index contributed by atoms with van der Waals surface area (Å²) < 4.78 is 0. The van der Waals surface area contributed by atoms with Gasteiger partial charge in [-0.05, 0) is 38.6 Å². The van der Waals surface area contributed by atoms with Gasteiger partial charge in [0.2, 0.25) is 0 Å². The molecule has 3 heteroatoms. The van der Waals surface area contributed by atoms with Gasteiger partial charge in [-0.25, -0.2) is 0 Å². The van der Waals surface area contributed by atoms with Gasteiger partial charge in [-0.15, -0.1) is 0 Å². The van der Waals surface area contributed by atoms with Crippen LogP contribution in [0.3, 0.4) is 0 Å². The predicted molar refractivity (Wildman–Crippen MR) is 62.7 cm³/mol. The van der Waals surface area contributed by atoms with E-state index in [1.807, 2.05) is 12.1 Å². The highest BCUT2D eigenvalue weighted by Gasteiger charge is 2.21. The van der Waals surface area contributed by atoms with Crippen LogP contribution in [0.4, 0.5) is 0 Å². The number of benzene rings is 1. The summed E-state index contributed by atoms with van der Waals surface area (Å²) in [5.74, 6) is 0.305. The molecule has 0 saturated carbocycles. The van der Waals surface area contributed by atoms with Gasteiger partial charge in [0, 0.05) is 18.6 Å². The molecule has 3 nitrogen and oxygen atoms in total.